The van der Waals surface area contributed by atoms with Gasteiger partial charge in [-0.1, -0.05) is 35.0 Å². The van der Waals surface area contributed by atoms with Gasteiger partial charge < -0.3 is 5.11 Å². The van der Waals surface area contributed by atoms with Crippen LogP contribution in [-0.2, 0) is 5.60 Å². The van der Waals surface area contributed by atoms with Crippen molar-refractivity contribution in [3.8, 4) is 0 Å². The number of benzene rings is 2. The summed E-state index contributed by atoms with van der Waals surface area (Å²) in [4.78, 5) is 0. The summed E-state index contributed by atoms with van der Waals surface area (Å²) in [5.41, 5.74) is -1.07. The third-order valence-corrected chi connectivity index (χ3v) is 3.68. The van der Waals surface area contributed by atoms with Gasteiger partial charge in [-0.25, -0.2) is 8.78 Å². The molecule has 2 aromatic carbocycles. The second-order valence-electron chi connectivity index (χ2n) is 4.35. The molecule has 0 bridgehead atoms. The Morgan fingerprint density at radius 2 is 1.89 bits per heavy atom. The fourth-order valence-electron chi connectivity index (χ4n) is 2.11. The molecular formula is C15H13BrF2O. The van der Waals surface area contributed by atoms with Gasteiger partial charge in [-0.15, -0.1) is 0 Å². The molecule has 0 amide bonds. The monoisotopic (exact) mass is 326 g/mol. The van der Waals surface area contributed by atoms with Crippen LogP contribution in [0.4, 0.5) is 8.78 Å². The number of hydrogen-bond donors (Lipinski definition) is 1. The van der Waals surface area contributed by atoms with Crippen molar-refractivity contribution in [2.75, 3.05) is 0 Å². The van der Waals surface area contributed by atoms with Crippen LogP contribution in [0.3, 0.4) is 0 Å². The van der Waals surface area contributed by atoms with Crippen molar-refractivity contribution < 1.29 is 13.9 Å². The molecule has 100 valence electrons. The summed E-state index contributed by atoms with van der Waals surface area (Å²) in [5, 5.41) is 10.8. The second kappa shape index (κ2) is 5.39. The minimum atomic E-state index is -1.55. The van der Waals surface area contributed by atoms with E-state index in [1.807, 2.05) is 6.07 Å². The number of rotatable bonds is 3. The standard InChI is InChI=1S/C15H13BrF2O/c1-2-15(19,10-4-3-5-11(16)8-10)13-9-12(17)6-7-14(13)18/h3-9,19H,2H2,1H3. The molecule has 0 aliphatic heterocycles. The third kappa shape index (κ3) is 2.69. The molecule has 0 saturated carbocycles. The first-order chi connectivity index (χ1) is 8.97. The van der Waals surface area contributed by atoms with Crippen LogP contribution in [-0.4, -0.2) is 5.11 Å². The molecule has 2 aromatic rings. The van der Waals surface area contributed by atoms with Gasteiger partial charge in [0.1, 0.15) is 17.2 Å². The summed E-state index contributed by atoms with van der Waals surface area (Å²) in [6, 6.07) is 10.1. The van der Waals surface area contributed by atoms with Gasteiger partial charge >= 0.3 is 0 Å². The average molecular weight is 327 g/mol. The molecule has 0 aliphatic carbocycles. The number of halogens is 3. The van der Waals surface area contributed by atoms with E-state index in [1.54, 1.807) is 25.1 Å². The minimum Gasteiger partial charge on any atom is -0.380 e. The topological polar surface area (TPSA) is 20.2 Å². The van der Waals surface area contributed by atoms with Gasteiger partial charge in [0.15, 0.2) is 0 Å². The van der Waals surface area contributed by atoms with Crippen LogP contribution in [0.25, 0.3) is 0 Å². The van der Waals surface area contributed by atoms with Crippen molar-refractivity contribution in [3.63, 3.8) is 0 Å². The van der Waals surface area contributed by atoms with E-state index in [-0.39, 0.29) is 12.0 Å². The summed E-state index contributed by atoms with van der Waals surface area (Å²) in [6.07, 6.45) is 0.240. The third-order valence-electron chi connectivity index (χ3n) is 3.19. The lowest BCUT2D eigenvalue weighted by atomic mass is 9.84. The SMILES string of the molecule is CCC(O)(c1cccc(Br)c1)c1cc(F)ccc1F. The molecule has 1 nitrogen and oxygen atoms in total. The molecule has 19 heavy (non-hydrogen) atoms. The van der Waals surface area contributed by atoms with Crippen molar-refractivity contribution in [2.45, 2.75) is 18.9 Å². The first-order valence-electron chi connectivity index (χ1n) is 5.91. The Hall–Kier alpha value is -1.26. The quantitative estimate of drug-likeness (QED) is 0.887. The highest BCUT2D eigenvalue weighted by atomic mass is 79.9. The van der Waals surface area contributed by atoms with Gasteiger partial charge in [-0.2, -0.15) is 0 Å². The molecule has 0 aromatic heterocycles. The largest absolute Gasteiger partial charge is 0.380 e. The normalized spacial score (nSPS) is 14.2. The van der Waals surface area contributed by atoms with Gasteiger partial charge in [0.05, 0.1) is 0 Å². The van der Waals surface area contributed by atoms with E-state index in [0.717, 1.165) is 22.7 Å². The number of aliphatic hydroxyl groups is 1. The van der Waals surface area contributed by atoms with E-state index in [2.05, 4.69) is 15.9 Å². The first kappa shape index (κ1) is 14.2. The van der Waals surface area contributed by atoms with Crippen molar-refractivity contribution in [3.05, 3.63) is 69.7 Å². The molecule has 0 fully saturated rings. The van der Waals surface area contributed by atoms with E-state index in [0.29, 0.717) is 5.56 Å². The zero-order chi connectivity index (χ0) is 14.0. The Morgan fingerprint density at radius 3 is 2.53 bits per heavy atom. The zero-order valence-electron chi connectivity index (χ0n) is 10.3. The van der Waals surface area contributed by atoms with Gasteiger partial charge in [0, 0.05) is 10.0 Å². The Kier molecular flexibility index (Phi) is 4.02. The highest BCUT2D eigenvalue weighted by molar-refractivity contribution is 9.10. The molecule has 1 N–H and O–H groups in total. The van der Waals surface area contributed by atoms with E-state index < -0.39 is 17.2 Å². The summed E-state index contributed by atoms with van der Waals surface area (Å²) < 4.78 is 28.0. The summed E-state index contributed by atoms with van der Waals surface area (Å²) in [7, 11) is 0. The van der Waals surface area contributed by atoms with E-state index in [1.165, 1.54) is 0 Å². The highest BCUT2D eigenvalue weighted by Gasteiger charge is 2.32. The number of hydrogen-bond acceptors (Lipinski definition) is 1. The molecule has 4 heteroatoms. The molecule has 0 heterocycles. The fraction of sp³-hybridized carbons (Fsp3) is 0.200. The maximum absolute atomic E-state index is 13.9. The summed E-state index contributed by atoms with van der Waals surface area (Å²) >= 11 is 3.31. The summed E-state index contributed by atoms with van der Waals surface area (Å²) in [6.45, 7) is 1.73. The van der Waals surface area contributed by atoms with Gasteiger partial charge in [-0.05, 0) is 42.3 Å². The fourth-order valence-corrected chi connectivity index (χ4v) is 2.51. The van der Waals surface area contributed by atoms with Crippen LogP contribution in [0.5, 0.6) is 0 Å². The first-order valence-corrected chi connectivity index (χ1v) is 6.70. The predicted octanol–water partition coefficient (Wildman–Crippen LogP) is 4.37. The van der Waals surface area contributed by atoms with Crippen molar-refractivity contribution in [2.24, 2.45) is 0 Å². The Bertz CT molecular complexity index is 600. The lowest BCUT2D eigenvalue weighted by Crippen LogP contribution is -2.27. The van der Waals surface area contributed by atoms with Crippen LogP contribution in [0.15, 0.2) is 46.9 Å². The molecule has 0 aliphatic rings. The molecule has 0 radical (unpaired) electrons. The van der Waals surface area contributed by atoms with Crippen LogP contribution in [0, 0.1) is 11.6 Å². The van der Waals surface area contributed by atoms with Crippen molar-refractivity contribution in [1.82, 2.24) is 0 Å². The molecule has 0 saturated heterocycles. The average Bonchev–Trinajstić information content (AvgIpc) is 2.40. The highest BCUT2D eigenvalue weighted by Crippen LogP contribution is 2.35. The molecule has 0 spiro atoms. The lowest BCUT2D eigenvalue weighted by molar-refractivity contribution is 0.0721. The summed E-state index contributed by atoms with van der Waals surface area (Å²) in [5.74, 6) is -1.19. The maximum atomic E-state index is 13.9. The van der Waals surface area contributed by atoms with E-state index in [4.69, 9.17) is 0 Å². The van der Waals surface area contributed by atoms with E-state index >= 15 is 0 Å². The van der Waals surface area contributed by atoms with E-state index in [9.17, 15) is 13.9 Å². The molecule has 1 atom stereocenters. The second-order valence-corrected chi connectivity index (χ2v) is 5.26. The lowest BCUT2D eigenvalue weighted by Gasteiger charge is -2.28. The van der Waals surface area contributed by atoms with Gasteiger partial charge in [-0.3, -0.25) is 0 Å². The maximum Gasteiger partial charge on any atom is 0.129 e. The molecule has 1 unspecified atom stereocenters. The molecular weight excluding hydrogens is 314 g/mol. The van der Waals surface area contributed by atoms with Gasteiger partial charge in [0.2, 0.25) is 0 Å². The predicted molar refractivity (Wildman–Crippen MR) is 73.8 cm³/mol. The van der Waals surface area contributed by atoms with Gasteiger partial charge in [0.25, 0.3) is 0 Å². The van der Waals surface area contributed by atoms with Crippen LogP contribution in [0.2, 0.25) is 0 Å². The minimum absolute atomic E-state index is 0.0481. The smallest absolute Gasteiger partial charge is 0.129 e. The van der Waals surface area contributed by atoms with Crippen molar-refractivity contribution >= 4 is 15.9 Å². The van der Waals surface area contributed by atoms with Crippen LogP contribution < -0.4 is 0 Å². The Labute approximate surface area is 119 Å². The Balaban J connectivity index is 2.62. The van der Waals surface area contributed by atoms with Crippen LogP contribution >= 0.6 is 15.9 Å². The van der Waals surface area contributed by atoms with Crippen LogP contribution in [0.1, 0.15) is 24.5 Å². The Morgan fingerprint density at radius 1 is 1.16 bits per heavy atom. The molecule has 2 rings (SSSR count). The van der Waals surface area contributed by atoms with Crippen molar-refractivity contribution in [1.29, 1.82) is 0 Å². The zero-order valence-corrected chi connectivity index (χ0v) is 11.9.